The normalized spacial score (nSPS) is 28.0. The summed E-state index contributed by atoms with van der Waals surface area (Å²) in [6.07, 6.45) is 7.17. The molecule has 1 amide bonds. The third-order valence-electron chi connectivity index (χ3n) is 7.81. The van der Waals surface area contributed by atoms with Crippen molar-refractivity contribution >= 4 is 5.91 Å². The average Bonchev–Trinajstić information content (AvgIpc) is 2.73. The molecule has 1 spiro atoms. The summed E-state index contributed by atoms with van der Waals surface area (Å²) in [5, 5.41) is 9.44. The Balaban J connectivity index is 1.48. The zero-order chi connectivity index (χ0) is 19.7. The van der Waals surface area contributed by atoms with Gasteiger partial charge in [-0.25, -0.2) is 0 Å². The maximum absolute atomic E-state index is 13.5. The van der Waals surface area contributed by atoms with E-state index in [1.165, 1.54) is 36.8 Å². The molecule has 2 fully saturated rings. The van der Waals surface area contributed by atoms with E-state index >= 15 is 0 Å². The molecule has 0 aromatic heterocycles. The fourth-order valence-corrected chi connectivity index (χ4v) is 6.01. The van der Waals surface area contributed by atoms with E-state index in [4.69, 9.17) is 0 Å². The number of likely N-dealkylation sites (tertiary alicyclic amines) is 1. The molecule has 0 atom stereocenters. The predicted molar refractivity (Wildman–Crippen MR) is 112 cm³/mol. The minimum absolute atomic E-state index is 0.0369. The van der Waals surface area contributed by atoms with Crippen LogP contribution in [0.2, 0.25) is 0 Å². The van der Waals surface area contributed by atoms with Gasteiger partial charge in [-0.1, -0.05) is 38.1 Å². The van der Waals surface area contributed by atoms with Crippen LogP contribution in [0.4, 0.5) is 0 Å². The Morgan fingerprint density at radius 2 is 1.79 bits per heavy atom. The molecule has 0 unspecified atom stereocenters. The lowest BCUT2D eigenvalue weighted by atomic mass is 9.67. The number of nitrogens with zero attached hydrogens (tertiary/aromatic N) is 2. The lowest BCUT2D eigenvalue weighted by molar-refractivity contribution is -0.142. The molecule has 1 aliphatic carbocycles. The Morgan fingerprint density at radius 1 is 1.11 bits per heavy atom. The minimum atomic E-state index is -0.379. The first kappa shape index (κ1) is 19.9. The summed E-state index contributed by atoms with van der Waals surface area (Å²) in [4.78, 5) is 18.0. The quantitative estimate of drug-likeness (QED) is 0.863. The van der Waals surface area contributed by atoms with E-state index in [9.17, 15) is 9.90 Å². The number of hydrogen-bond donors (Lipinski definition) is 1. The van der Waals surface area contributed by atoms with Crippen LogP contribution in [0.15, 0.2) is 24.3 Å². The van der Waals surface area contributed by atoms with Crippen LogP contribution in [0.5, 0.6) is 0 Å². The highest BCUT2D eigenvalue weighted by atomic mass is 16.3. The Bertz CT molecular complexity index is 686. The number of β-amino-alcohol motifs (C(OH)–C–C–N with tert-alkyl or cyclic N) is 1. The fourth-order valence-electron chi connectivity index (χ4n) is 6.01. The van der Waals surface area contributed by atoms with Crippen molar-refractivity contribution in [2.75, 3.05) is 26.2 Å². The van der Waals surface area contributed by atoms with Gasteiger partial charge in [-0.05, 0) is 74.6 Å². The number of piperidine rings is 1. The smallest absolute Gasteiger partial charge is 0.233 e. The molecular formula is C24H36N2O2. The SMILES string of the molecule is CC(C)[C@H]1CC[C@@H](N2CCC3(CC2)C(=O)N(CCO)Cc2ccccc23)CC1. The Morgan fingerprint density at radius 3 is 2.43 bits per heavy atom. The topological polar surface area (TPSA) is 43.8 Å². The predicted octanol–water partition coefficient (Wildman–Crippen LogP) is 3.57. The van der Waals surface area contributed by atoms with Gasteiger partial charge in [0.1, 0.15) is 0 Å². The summed E-state index contributed by atoms with van der Waals surface area (Å²) >= 11 is 0. The van der Waals surface area contributed by atoms with Gasteiger partial charge in [0.05, 0.1) is 12.0 Å². The van der Waals surface area contributed by atoms with Crippen LogP contribution >= 0.6 is 0 Å². The third-order valence-corrected chi connectivity index (χ3v) is 7.81. The molecule has 1 aromatic rings. The van der Waals surface area contributed by atoms with Crippen molar-refractivity contribution in [3.63, 3.8) is 0 Å². The molecule has 2 aliphatic heterocycles. The first-order valence-electron chi connectivity index (χ1n) is 11.3. The van der Waals surface area contributed by atoms with Gasteiger partial charge in [0.15, 0.2) is 0 Å². The summed E-state index contributed by atoms with van der Waals surface area (Å²) in [5.74, 6) is 1.94. The average molecular weight is 385 g/mol. The van der Waals surface area contributed by atoms with Crippen molar-refractivity contribution in [2.45, 2.75) is 70.4 Å². The second kappa shape index (κ2) is 8.16. The highest BCUT2D eigenvalue weighted by Gasteiger charge is 2.49. The molecule has 4 heteroatoms. The van der Waals surface area contributed by atoms with Gasteiger partial charge in [0.25, 0.3) is 0 Å². The van der Waals surface area contributed by atoms with Gasteiger partial charge in [-0.15, -0.1) is 0 Å². The Kier molecular flexibility index (Phi) is 5.80. The van der Waals surface area contributed by atoms with Crippen LogP contribution in [-0.2, 0) is 16.8 Å². The Labute approximate surface area is 169 Å². The summed E-state index contributed by atoms with van der Waals surface area (Å²) in [5.41, 5.74) is 2.13. The van der Waals surface area contributed by atoms with Crippen molar-refractivity contribution in [2.24, 2.45) is 11.8 Å². The molecule has 0 radical (unpaired) electrons. The van der Waals surface area contributed by atoms with Crippen LogP contribution in [-0.4, -0.2) is 53.1 Å². The van der Waals surface area contributed by atoms with Crippen molar-refractivity contribution in [1.82, 2.24) is 9.80 Å². The molecule has 1 saturated carbocycles. The highest BCUT2D eigenvalue weighted by molar-refractivity contribution is 5.90. The van der Waals surface area contributed by atoms with Crippen molar-refractivity contribution in [3.8, 4) is 0 Å². The van der Waals surface area contributed by atoms with Gasteiger partial charge >= 0.3 is 0 Å². The molecule has 1 N–H and O–H groups in total. The van der Waals surface area contributed by atoms with Crippen LogP contribution < -0.4 is 0 Å². The van der Waals surface area contributed by atoms with Crippen molar-refractivity contribution < 1.29 is 9.90 Å². The van der Waals surface area contributed by atoms with E-state index in [-0.39, 0.29) is 17.9 Å². The van der Waals surface area contributed by atoms with Gasteiger partial charge in [-0.2, -0.15) is 0 Å². The van der Waals surface area contributed by atoms with Crippen LogP contribution in [0.25, 0.3) is 0 Å². The first-order valence-corrected chi connectivity index (χ1v) is 11.3. The van der Waals surface area contributed by atoms with Crippen LogP contribution in [0, 0.1) is 11.8 Å². The standard InChI is InChI=1S/C24H36N2O2/c1-18(2)19-7-9-21(10-8-19)25-13-11-24(12-14-25)22-6-4-3-5-20(22)17-26(15-16-27)23(24)28/h3-6,18-19,21,27H,7-17H2,1-2H3/t19-,21+. The lowest BCUT2D eigenvalue weighted by Crippen LogP contribution is -2.57. The number of rotatable bonds is 4. The van der Waals surface area contributed by atoms with Gasteiger partial charge in [-0.3, -0.25) is 4.79 Å². The fraction of sp³-hybridized carbons (Fsp3) is 0.708. The van der Waals surface area contributed by atoms with Crippen molar-refractivity contribution in [1.29, 1.82) is 0 Å². The summed E-state index contributed by atoms with van der Waals surface area (Å²) in [6, 6.07) is 9.19. The molecular weight excluding hydrogens is 348 g/mol. The van der Waals surface area contributed by atoms with E-state index in [2.05, 4.69) is 43.0 Å². The highest BCUT2D eigenvalue weighted by Crippen LogP contribution is 2.44. The molecule has 154 valence electrons. The monoisotopic (exact) mass is 384 g/mol. The molecule has 2 heterocycles. The zero-order valence-electron chi connectivity index (χ0n) is 17.6. The number of fused-ring (bicyclic) bond motifs is 2. The van der Waals surface area contributed by atoms with Gasteiger partial charge < -0.3 is 14.9 Å². The second-order valence-corrected chi connectivity index (χ2v) is 9.54. The number of benzene rings is 1. The van der Waals surface area contributed by atoms with Crippen LogP contribution in [0.1, 0.15) is 63.5 Å². The van der Waals surface area contributed by atoms with E-state index in [1.54, 1.807) is 0 Å². The molecule has 4 nitrogen and oxygen atoms in total. The third kappa shape index (κ3) is 3.50. The molecule has 3 aliphatic rings. The zero-order valence-corrected chi connectivity index (χ0v) is 17.6. The summed E-state index contributed by atoms with van der Waals surface area (Å²) in [7, 11) is 0. The second-order valence-electron chi connectivity index (χ2n) is 9.54. The number of carbonyl (C=O) groups is 1. The van der Waals surface area contributed by atoms with E-state index in [0.717, 1.165) is 37.8 Å². The van der Waals surface area contributed by atoms with Gasteiger partial charge in [0.2, 0.25) is 5.91 Å². The Hall–Kier alpha value is -1.39. The number of hydrogen-bond acceptors (Lipinski definition) is 3. The van der Waals surface area contributed by atoms with Crippen LogP contribution in [0.3, 0.4) is 0 Å². The number of aliphatic hydroxyl groups excluding tert-OH is 1. The number of aliphatic hydroxyl groups is 1. The molecule has 1 aromatic carbocycles. The molecule has 1 saturated heterocycles. The lowest BCUT2D eigenvalue weighted by Gasteiger charge is -2.49. The van der Waals surface area contributed by atoms with E-state index in [0.29, 0.717) is 19.1 Å². The maximum atomic E-state index is 13.5. The molecule has 4 rings (SSSR count). The van der Waals surface area contributed by atoms with Gasteiger partial charge in [0, 0.05) is 19.1 Å². The number of amides is 1. The minimum Gasteiger partial charge on any atom is -0.395 e. The molecule has 0 bridgehead atoms. The van der Waals surface area contributed by atoms with E-state index < -0.39 is 0 Å². The van der Waals surface area contributed by atoms with E-state index in [1.807, 2.05) is 4.90 Å². The molecule has 28 heavy (non-hydrogen) atoms. The summed E-state index contributed by atoms with van der Waals surface area (Å²) in [6.45, 7) is 7.88. The first-order chi connectivity index (χ1) is 13.5. The largest absolute Gasteiger partial charge is 0.395 e. The number of carbonyl (C=O) groups excluding carboxylic acids is 1. The summed E-state index contributed by atoms with van der Waals surface area (Å²) < 4.78 is 0. The maximum Gasteiger partial charge on any atom is 0.233 e. The van der Waals surface area contributed by atoms with Crippen molar-refractivity contribution in [3.05, 3.63) is 35.4 Å².